The lowest BCUT2D eigenvalue weighted by Crippen LogP contribution is -1.87. The zero-order valence-electron chi connectivity index (χ0n) is 7.51. The molecule has 4 nitrogen and oxygen atoms in total. The van der Waals surface area contributed by atoms with Crippen LogP contribution in [0.25, 0.3) is 11.4 Å². The van der Waals surface area contributed by atoms with Gasteiger partial charge in [0.25, 0.3) is 0 Å². The van der Waals surface area contributed by atoms with Crippen LogP contribution in [0.5, 0.6) is 0 Å². The SMILES string of the molecule is CS(=O)c1ccc(-c2ncon2)cc1. The summed E-state index contributed by atoms with van der Waals surface area (Å²) in [6, 6.07) is 7.23. The van der Waals surface area contributed by atoms with Gasteiger partial charge in [-0.25, -0.2) is 0 Å². The molecule has 0 amide bonds. The lowest BCUT2D eigenvalue weighted by molar-refractivity contribution is 0.419. The van der Waals surface area contributed by atoms with E-state index in [4.69, 9.17) is 0 Å². The Morgan fingerprint density at radius 2 is 2.00 bits per heavy atom. The molecule has 1 atom stereocenters. The second-order valence-electron chi connectivity index (χ2n) is 2.73. The topological polar surface area (TPSA) is 56.0 Å². The fourth-order valence-corrected chi connectivity index (χ4v) is 1.61. The van der Waals surface area contributed by atoms with E-state index in [-0.39, 0.29) is 0 Å². The molecule has 2 aromatic rings. The van der Waals surface area contributed by atoms with Gasteiger partial charge in [0.1, 0.15) is 0 Å². The van der Waals surface area contributed by atoms with Gasteiger partial charge in [0, 0.05) is 27.5 Å². The number of hydrogen-bond acceptors (Lipinski definition) is 4. The lowest BCUT2D eigenvalue weighted by Gasteiger charge is -1.96. The van der Waals surface area contributed by atoms with Crippen LogP contribution in [0, 0.1) is 0 Å². The maximum Gasteiger partial charge on any atom is 0.214 e. The fraction of sp³-hybridized carbons (Fsp3) is 0.111. The summed E-state index contributed by atoms with van der Waals surface area (Å²) < 4.78 is 15.7. The van der Waals surface area contributed by atoms with Crippen LogP contribution >= 0.6 is 0 Å². The maximum atomic E-state index is 11.1. The van der Waals surface area contributed by atoms with Crippen molar-refractivity contribution >= 4 is 10.8 Å². The number of benzene rings is 1. The standard InChI is InChI=1S/C9H8N2O2S/c1-14(12)8-4-2-7(3-5-8)9-10-6-13-11-9/h2-6H,1H3. The zero-order chi connectivity index (χ0) is 9.97. The Bertz CT molecular complexity index is 436. The van der Waals surface area contributed by atoms with Gasteiger partial charge < -0.3 is 4.52 Å². The highest BCUT2D eigenvalue weighted by Crippen LogP contribution is 2.16. The minimum atomic E-state index is -0.948. The van der Waals surface area contributed by atoms with Crippen LogP contribution in [0.15, 0.2) is 40.1 Å². The lowest BCUT2D eigenvalue weighted by atomic mass is 10.2. The van der Waals surface area contributed by atoms with Crippen LogP contribution in [0.2, 0.25) is 0 Å². The second-order valence-corrected chi connectivity index (χ2v) is 4.11. The first kappa shape index (κ1) is 9.08. The highest BCUT2D eigenvalue weighted by molar-refractivity contribution is 7.84. The summed E-state index contributed by atoms with van der Waals surface area (Å²) in [7, 11) is -0.948. The molecule has 1 unspecified atom stereocenters. The predicted octanol–water partition coefficient (Wildman–Crippen LogP) is 1.47. The minimum Gasteiger partial charge on any atom is -0.342 e. The van der Waals surface area contributed by atoms with Crippen molar-refractivity contribution in [1.82, 2.24) is 10.1 Å². The van der Waals surface area contributed by atoms with E-state index in [1.54, 1.807) is 18.4 Å². The molecular formula is C9H8N2O2S. The third kappa shape index (κ3) is 1.72. The summed E-state index contributed by atoms with van der Waals surface area (Å²) in [4.78, 5) is 4.70. The molecule has 2 rings (SSSR count). The summed E-state index contributed by atoms with van der Waals surface area (Å²) in [6.07, 6.45) is 2.92. The van der Waals surface area contributed by atoms with Crippen LogP contribution in [-0.2, 0) is 10.8 Å². The van der Waals surface area contributed by atoms with Gasteiger partial charge in [-0.15, -0.1) is 0 Å². The summed E-state index contributed by atoms with van der Waals surface area (Å²) in [5.41, 5.74) is 0.855. The van der Waals surface area contributed by atoms with Gasteiger partial charge in [0.15, 0.2) is 0 Å². The quantitative estimate of drug-likeness (QED) is 0.750. The molecule has 0 aliphatic rings. The molecule has 72 valence electrons. The highest BCUT2D eigenvalue weighted by atomic mass is 32.2. The molecule has 1 aromatic carbocycles. The van der Waals surface area contributed by atoms with E-state index in [0.29, 0.717) is 5.82 Å². The van der Waals surface area contributed by atoms with Gasteiger partial charge in [-0.05, 0) is 24.3 Å². The van der Waals surface area contributed by atoms with Crippen molar-refractivity contribution in [2.24, 2.45) is 0 Å². The van der Waals surface area contributed by atoms with E-state index in [2.05, 4.69) is 14.7 Å². The molecule has 0 saturated carbocycles. The first-order valence-electron chi connectivity index (χ1n) is 3.97. The molecule has 0 aliphatic carbocycles. The minimum absolute atomic E-state index is 0.540. The van der Waals surface area contributed by atoms with Gasteiger partial charge in [0.05, 0.1) is 0 Å². The first-order chi connectivity index (χ1) is 6.77. The number of hydrogen-bond donors (Lipinski definition) is 0. The summed E-state index contributed by atoms with van der Waals surface area (Å²) in [6.45, 7) is 0. The van der Waals surface area contributed by atoms with E-state index >= 15 is 0 Å². The molecule has 1 heterocycles. The molecule has 0 N–H and O–H groups in total. The first-order valence-corrected chi connectivity index (χ1v) is 5.53. The average molecular weight is 208 g/mol. The average Bonchev–Trinajstić information content (AvgIpc) is 2.71. The van der Waals surface area contributed by atoms with Gasteiger partial charge in [-0.2, -0.15) is 4.98 Å². The van der Waals surface area contributed by atoms with E-state index in [1.807, 2.05) is 12.1 Å². The van der Waals surface area contributed by atoms with Crippen molar-refractivity contribution in [3.8, 4) is 11.4 Å². The van der Waals surface area contributed by atoms with Gasteiger partial charge in [-0.3, -0.25) is 4.21 Å². The van der Waals surface area contributed by atoms with E-state index in [1.165, 1.54) is 6.39 Å². The Labute approximate surface area is 83.4 Å². The number of nitrogens with zero attached hydrogens (tertiary/aromatic N) is 2. The molecule has 0 bridgehead atoms. The second kappa shape index (κ2) is 3.71. The Balaban J connectivity index is 2.36. The number of aromatic nitrogens is 2. The van der Waals surface area contributed by atoms with Crippen LogP contribution in [0.1, 0.15) is 0 Å². The number of rotatable bonds is 2. The van der Waals surface area contributed by atoms with Gasteiger partial charge >= 0.3 is 0 Å². The van der Waals surface area contributed by atoms with Crippen molar-refractivity contribution in [3.63, 3.8) is 0 Å². The third-order valence-electron chi connectivity index (χ3n) is 1.81. The molecule has 0 saturated heterocycles. The van der Waals surface area contributed by atoms with Crippen molar-refractivity contribution < 1.29 is 8.73 Å². The maximum absolute atomic E-state index is 11.1. The predicted molar refractivity (Wildman–Crippen MR) is 52.1 cm³/mol. The highest BCUT2D eigenvalue weighted by Gasteiger charge is 2.03. The summed E-state index contributed by atoms with van der Waals surface area (Å²) in [5.74, 6) is 0.540. The van der Waals surface area contributed by atoms with E-state index in [0.717, 1.165) is 10.5 Å². The molecule has 5 heteroatoms. The Kier molecular flexibility index (Phi) is 2.41. The Morgan fingerprint density at radius 1 is 1.29 bits per heavy atom. The third-order valence-corrected chi connectivity index (χ3v) is 2.74. The molecular weight excluding hydrogens is 200 g/mol. The largest absolute Gasteiger partial charge is 0.342 e. The smallest absolute Gasteiger partial charge is 0.214 e. The van der Waals surface area contributed by atoms with Crippen LogP contribution in [0.3, 0.4) is 0 Å². The molecule has 0 fully saturated rings. The van der Waals surface area contributed by atoms with Crippen LogP contribution in [-0.4, -0.2) is 20.6 Å². The van der Waals surface area contributed by atoms with Crippen molar-refractivity contribution in [1.29, 1.82) is 0 Å². The van der Waals surface area contributed by atoms with Gasteiger partial charge in [0.2, 0.25) is 12.2 Å². The Hall–Kier alpha value is -1.49. The van der Waals surface area contributed by atoms with Gasteiger partial charge in [-0.1, -0.05) is 5.16 Å². The molecule has 14 heavy (non-hydrogen) atoms. The van der Waals surface area contributed by atoms with Crippen molar-refractivity contribution in [3.05, 3.63) is 30.7 Å². The van der Waals surface area contributed by atoms with E-state index < -0.39 is 10.8 Å². The van der Waals surface area contributed by atoms with Crippen LogP contribution < -0.4 is 0 Å². The summed E-state index contributed by atoms with van der Waals surface area (Å²) >= 11 is 0. The molecule has 1 aromatic heterocycles. The molecule has 0 aliphatic heterocycles. The fourth-order valence-electron chi connectivity index (χ4n) is 1.09. The monoisotopic (exact) mass is 208 g/mol. The molecule has 0 radical (unpaired) electrons. The van der Waals surface area contributed by atoms with Crippen molar-refractivity contribution in [2.45, 2.75) is 4.90 Å². The normalized spacial score (nSPS) is 12.6. The van der Waals surface area contributed by atoms with E-state index in [9.17, 15) is 4.21 Å². The summed E-state index contributed by atoms with van der Waals surface area (Å²) in [5, 5.41) is 3.70. The molecule has 0 spiro atoms. The van der Waals surface area contributed by atoms with Crippen molar-refractivity contribution in [2.75, 3.05) is 6.26 Å². The zero-order valence-corrected chi connectivity index (χ0v) is 8.32. The van der Waals surface area contributed by atoms with Crippen LogP contribution in [0.4, 0.5) is 0 Å². The Morgan fingerprint density at radius 3 is 2.50 bits per heavy atom.